The summed E-state index contributed by atoms with van der Waals surface area (Å²) in [5.74, 6) is -0.754. The van der Waals surface area contributed by atoms with Crippen LogP contribution in [0.3, 0.4) is 0 Å². The first-order valence-electron chi connectivity index (χ1n) is 8.00. The van der Waals surface area contributed by atoms with E-state index in [1.54, 1.807) is 0 Å². The molecule has 0 atom stereocenters. The quantitative estimate of drug-likeness (QED) is 0.665. The average Bonchev–Trinajstić information content (AvgIpc) is 3.00. The lowest BCUT2D eigenvalue weighted by atomic mass is 9.99. The van der Waals surface area contributed by atoms with Gasteiger partial charge in [0.2, 0.25) is 15.9 Å². The van der Waals surface area contributed by atoms with Crippen LogP contribution in [0.15, 0.2) is 53.7 Å². The van der Waals surface area contributed by atoms with E-state index >= 15 is 0 Å². The Balaban J connectivity index is 2.33. The van der Waals surface area contributed by atoms with Crippen LogP contribution in [0, 0.1) is 0 Å². The van der Waals surface area contributed by atoms with Crippen molar-refractivity contribution in [3.05, 3.63) is 54.5 Å². The predicted molar refractivity (Wildman–Crippen MR) is 97.3 cm³/mol. The lowest BCUT2D eigenvalue weighted by molar-refractivity contribution is -0.143. The highest BCUT2D eigenvalue weighted by molar-refractivity contribution is 7.89. The third-order valence-electron chi connectivity index (χ3n) is 3.84. The topological polar surface area (TPSA) is 120 Å². The minimum Gasteiger partial charge on any atom is -0.274 e. The Bertz CT molecular complexity index is 1160. The molecule has 3 rings (SSSR count). The predicted octanol–water partition coefficient (Wildman–Crippen LogP) is 2.37. The van der Waals surface area contributed by atoms with Crippen LogP contribution < -0.4 is 10.6 Å². The zero-order valence-corrected chi connectivity index (χ0v) is 15.6. The Hall–Kier alpha value is -3.25. The van der Waals surface area contributed by atoms with Crippen molar-refractivity contribution in [3.63, 3.8) is 0 Å². The van der Waals surface area contributed by atoms with Gasteiger partial charge in [-0.1, -0.05) is 12.1 Å². The number of carbonyl (C=O) groups excluding carboxylic acids is 1. The van der Waals surface area contributed by atoms with Crippen LogP contribution in [0.1, 0.15) is 12.6 Å². The van der Waals surface area contributed by atoms with Gasteiger partial charge in [-0.25, -0.2) is 19.0 Å². The van der Waals surface area contributed by atoms with Crippen molar-refractivity contribution in [3.8, 4) is 22.4 Å². The number of aromatic nitrogens is 3. The molecular weight excluding hydrogens is 411 g/mol. The summed E-state index contributed by atoms with van der Waals surface area (Å²) < 4.78 is 64.6. The van der Waals surface area contributed by atoms with Gasteiger partial charge in [0.05, 0.1) is 4.90 Å². The van der Waals surface area contributed by atoms with Crippen LogP contribution in [0.25, 0.3) is 22.4 Å². The molecule has 0 fully saturated rings. The second kappa shape index (κ2) is 7.29. The Morgan fingerprint density at radius 3 is 2.14 bits per heavy atom. The van der Waals surface area contributed by atoms with E-state index in [9.17, 15) is 26.4 Å². The summed E-state index contributed by atoms with van der Waals surface area (Å²) in [6.45, 7) is 1.05. The highest BCUT2D eigenvalue weighted by atomic mass is 32.2. The molecule has 2 aromatic heterocycles. The van der Waals surface area contributed by atoms with E-state index in [-0.39, 0.29) is 21.7 Å². The van der Waals surface area contributed by atoms with Gasteiger partial charge in [-0.3, -0.25) is 9.78 Å². The van der Waals surface area contributed by atoms with Gasteiger partial charge in [0, 0.05) is 30.4 Å². The summed E-state index contributed by atoms with van der Waals surface area (Å²) in [5, 5.41) is 8.97. The number of rotatable bonds is 4. The fourth-order valence-corrected chi connectivity index (χ4v) is 3.22. The number of nitrogens with zero attached hydrogens (tertiary/aromatic N) is 3. The van der Waals surface area contributed by atoms with Crippen LogP contribution in [0.5, 0.6) is 0 Å². The van der Waals surface area contributed by atoms with Crippen LogP contribution in [0.2, 0.25) is 0 Å². The van der Waals surface area contributed by atoms with Crippen LogP contribution in [-0.4, -0.2) is 29.2 Å². The standard InChI is InChI=1S/C17H14F3N5O3S/c1-10(26)23-25-16(17(18,19)20)14(15(24-25)12-6-8-22-9-7-12)11-2-4-13(5-3-11)29(21,27)28/h2-9H,1H3,(H,23,26)(H2,21,27,28). The fraction of sp³-hybridized carbons (Fsp3) is 0.118. The normalized spacial score (nSPS) is 12.0. The number of nitrogens with two attached hydrogens (primary N) is 1. The lowest BCUT2D eigenvalue weighted by Crippen LogP contribution is -2.27. The van der Waals surface area contributed by atoms with Crippen molar-refractivity contribution in [1.82, 2.24) is 14.9 Å². The van der Waals surface area contributed by atoms with Crippen LogP contribution in [-0.2, 0) is 21.0 Å². The molecule has 0 unspecified atom stereocenters. The molecule has 3 aromatic rings. The first-order chi connectivity index (χ1) is 13.5. The summed E-state index contributed by atoms with van der Waals surface area (Å²) in [7, 11) is -4.02. The third-order valence-corrected chi connectivity index (χ3v) is 4.77. The lowest BCUT2D eigenvalue weighted by Gasteiger charge is -2.13. The maximum absolute atomic E-state index is 13.9. The number of carbonyl (C=O) groups is 1. The fourth-order valence-electron chi connectivity index (χ4n) is 2.71. The Morgan fingerprint density at radius 2 is 1.66 bits per heavy atom. The van der Waals surface area contributed by atoms with Gasteiger partial charge >= 0.3 is 6.18 Å². The van der Waals surface area contributed by atoms with Gasteiger partial charge in [-0.15, -0.1) is 0 Å². The van der Waals surface area contributed by atoms with E-state index in [2.05, 4.69) is 10.1 Å². The highest BCUT2D eigenvalue weighted by Crippen LogP contribution is 2.42. The molecule has 0 saturated carbocycles. The summed E-state index contributed by atoms with van der Waals surface area (Å²) in [6.07, 6.45) is -2.11. The van der Waals surface area contributed by atoms with Crippen molar-refractivity contribution in [2.45, 2.75) is 18.0 Å². The number of sulfonamides is 1. The Labute approximate surface area is 163 Å². The number of alkyl halides is 3. The zero-order chi connectivity index (χ0) is 21.4. The molecule has 0 aliphatic carbocycles. The minimum absolute atomic E-state index is 0.0353. The molecular formula is C17H14F3N5O3S. The van der Waals surface area contributed by atoms with E-state index in [0.717, 1.165) is 19.1 Å². The molecule has 0 radical (unpaired) electrons. The molecule has 0 bridgehead atoms. The number of pyridine rings is 1. The first-order valence-corrected chi connectivity index (χ1v) is 9.54. The monoisotopic (exact) mass is 425 g/mol. The number of hydrogen-bond acceptors (Lipinski definition) is 5. The zero-order valence-electron chi connectivity index (χ0n) is 14.8. The molecule has 0 saturated heterocycles. The van der Waals surface area contributed by atoms with Gasteiger partial charge in [0.25, 0.3) is 0 Å². The molecule has 0 spiro atoms. The van der Waals surface area contributed by atoms with Gasteiger partial charge in [0.1, 0.15) is 5.69 Å². The molecule has 29 heavy (non-hydrogen) atoms. The second-order valence-electron chi connectivity index (χ2n) is 5.96. The summed E-state index contributed by atoms with van der Waals surface area (Å²) in [4.78, 5) is 15.3. The number of benzene rings is 1. The molecule has 12 heteroatoms. The van der Waals surface area contributed by atoms with E-state index in [0.29, 0.717) is 10.4 Å². The number of nitrogens with one attached hydrogen (secondary N) is 1. The smallest absolute Gasteiger partial charge is 0.274 e. The number of amides is 1. The van der Waals surface area contributed by atoms with Crippen LogP contribution in [0.4, 0.5) is 13.2 Å². The minimum atomic E-state index is -4.88. The van der Waals surface area contributed by atoms with Crippen molar-refractivity contribution < 1.29 is 26.4 Å². The van der Waals surface area contributed by atoms with Gasteiger partial charge in [-0.05, 0) is 29.8 Å². The molecule has 2 heterocycles. The number of hydrogen-bond donors (Lipinski definition) is 2. The van der Waals surface area contributed by atoms with Crippen molar-refractivity contribution >= 4 is 15.9 Å². The molecule has 8 nitrogen and oxygen atoms in total. The number of primary sulfonamides is 1. The van der Waals surface area contributed by atoms with E-state index in [1.165, 1.54) is 36.7 Å². The molecule has 1 aromatic carbocycles. The van der Waals surface area contributed by atoms with Crippen LogP contribution >= 0.6 is 0 Å². The van der Waals surface area contributed by atoms with Gasteiger partial charge in [0.15, 0.2) is 5.69 Å². The Kier molecular flexibility index (Phi) is 5.15. The molecule has 0 aliphatic rings. The first kappa shape index (κ1) is 20.5. The van der Waals surface area contributed by atoms with E-state index < -0.39 is 27.8 Å². The summed E-state index contributed by atoms with van der Waals surface area (Å²) in [6, 6.07) is 7.49. The van der Waals surface area contributed by atoms with Gasteiger partial charge < -0.3 is 0 Å². The van der Waals surface area contributed by atoms with Gasteiger partial charge in [-0.2, -0.15) is 23.1 Å². The molecule has 3 N–H and O–H groups in total. The SMILES string of the molecule is CC(=O)Nn1nc(-c2ccncc2)c(-c2ccc(S(N)(=O)=O)cc2)c1C(F)(F)F. The van der Waals surface area contributed by atoms with E-state index in [1.807, 2.05) is 5.43 Å². The maximum Gasteiger partial charge on any atom is 0.435 e. The molecule has 0 aliphatic heterocycles. The van der Waals surface area contributed by atoms with Crippen molar-refractivity contribution in [1.29, 1.82) is 0 Å². The number of halogens is 3. The second-order valence-corrected chi connectivity index (χ2v) is 7.52. The molecule has 152 valence electrons. The molecule has 1 amide bonds. The highest BCUT2D eigenvalue weighted by Gasteiger charge is 2.41. The summed E-state index contributed by atoms with van der Waals surface area (Å²) in [5.41, 5.74) is 0.759. The maximum atomic E-state index is 13.9. The van der Waals surface area contributed by atoms with Crippen molar-refractivity contribution in [2.24, 2.45) is 5.14 Å². The Morgan fingerprint density at radius 1 is 1.07 bits per heavy atom. The third kappa shape index (κ3) is 4.27. The average molecular weight is 425 g/mol. The van der Waals surface area contributed by atoms with Crippen molar-refractivity contribution in [2.75, 3.05) is 5.43 Å². The van der Waals surface area contributed by atoms with E-state index in [4.69, 9.17) is 5.14 Å². The largest absolute Gasteiger partial charge is 0.435 e. The summed E-state index contributed by atoms with van der Waals surface area (Å²) >= 11 is 0.